The van der Waals surface area contributed by atoms with Crippen LogP contribution >= 0.6 is 11.8 Å². The number of hydrogen-bond acceptors (Lipinski definition) is 6. The standard InChI is InChI=1S/C20H29N6O2S/c1-26(12-9-18(27)15-17-7-3-2-4-8-17)13-11-25(20(26)28)10-5-6-14-29-16-19-21-23-24-22-19/h2-4,7-9,12,18,27H,5-6,10-11,13-16H2,1H3,(H,21,22,23,24)/q+1. The van der Waals surface area contributed by atoms with E-state index in [9.17, 15) is 9.90 Å². The zero-order valence-corrected chi connectivity index (χ0v) is 17.6. The molecule has 29 heavy (non-hydrogen) atoms. The lowest BCUT2D eigenvalue weighted by Gasteiger charge is -2.22. The maximum absolute atomic E-state index is 12.8. The molecule has 1 aromatic carbocycles. The largest absolute Gasteiger partial charge is 0.423 e. The number of amides is 2. The summed E-state index contributed by atoms with van der Waals surface area (Å²) < 4.78 is 0.221. The molecular formula is C20H29N6O2S+. The zero-order valence-electron chi connectivity index (χ0n) is 16.8. The lowest BCUT2D eigenvalue weighted by molar-refractivity contribution is -0.766. The molecule has 1 aliphatic rings. The van der Waals surface area contributed by atoms with Gasteiger partial charge in [0.05, 0.1) is 25.4 Å². The highest BCUT2D eigenvalue weighted by Crippen LogP contribution is 2.19. The summed E-state index contributed by atoms with van der Waals surface area (Å²) in [4.78, 5) is 14.7. The molecule has 2 unspecified atom stereocenters. The number of unbranched alkanes of at least 4 members (excludes halogenated alkanes) is 1. The van der Waals surface area contributed by atoms with Gasteiger partial charge in [0, 0.05) is 13.0 Å². The second kappa shape index (κ2) is 10.5. The first-order valence-electron chi connectivity index (χ1n) is 9.93. The molecule has 2 atom stereocenters. The number of rotatable bonds is 11. The van der Waals surface area contributed by atoms with Crippen molar-refractivity contribution in [3.8, 4) is 0 Å². The van der Waals surface area contributed by atoms with E-state index in [1.54, 1.807) is 17.8 Å². The van der Waals surface area contributed by atoms with Crippen LogP contribution in [0.4, 0.5) is 4.79 Å². The van der Waals surface area contributed by atoms with Crippen LogP contribution in [0.5, 0.6) is 0 Å². The van der Waals surface area contributed by atoms with E-state index < -0.39 is 6.10 Å². The molecule has 156 valence electrons. The van der Waals surface area contributed by atoms with Crippen LogP contribution in [0.1, 0.15) is 24.2 Å². The molecular weight excluding hydrogens is 388 g/mol. The summed E-state index contributed by atoms with van der Waals surface area (Å²) in [5, 5.41) is 24.1. The van der Waals surface area contributed by atoms with Crippen molar-refractivity contribution in [2.24, 2.45) is 0 Å². The molecule has 0 radical (unpaired) electrons. The summed E-state index contributed by atoms with van der Waals surface area (Å²) in [6, 6.07) is 9.99. The summed E-state index contributed by atoms with van der Waals surface area (Å²) in [6.07, 6.45) is 5.58. The van der Waals surface area contributed by atoms with E-state index in [1.807, 2.05) is 48.5 Å². The molecule has 8 nitrogen and oxygen atoms in total. The highest BCUT2D eigenvalue weighted by atomic mass is 32.2. The predicted octanol–water partition coefficient (Wildman–Crippen LogP) is 2.21. The van der Waals surface area contributed by atoms with Gasteiger partial charge in [-0.25, -0.2) is 9.28 Å². The summed E-state index contributed by atoms with van der Waals surface area (Å²) in [5.74, 6) is 2.48. The number of aromatic amines is 1. The molecule has 1 aromatic heterocycles. The van der Waals surface area contributed by atoms with Crippen LogP contribution in [0.25, 0.3) is 0 Å². The van der Waals surface area contributed by atoms with Gasteiger partial charge < -0.3 is 5.11 Å². The number of nitrogens with one attached hydrogen (secondary N) is 1. The second-order valence-corrected chi connectivity index (χ2v) is 8.55. The number of carbonyl (C=O) groups is 1. The minimum absolute atomic E-state index is 0.104. The van der Waals surface area contributed by atoms with Crippen molar-refractivity contribution in [3.63, 3.8) is 0 Å². The van der Waals surface area contributed by atoms with Crippen LogP contribution in [0.15, 0.2) is 42.6 Å². The first-order chi connectivity index (χ1) is 14.1. The number of hydrogen-bond donors (Lipinski definition) is 2. The molecule has 2 amide bonds. The molecule has 9 heteroatoms. The average molecular weight is 418 g/mol. The molecule has 2 aromatic rings. The van der Waals surface area contributed by atoms with Gasteiger partial charge in [-0.3, -0.25) is 4.90 Å². The Morgan fingerprint density at radius 1 is 1.34 bits per heavy atom. The number of aliphatic hydroxyl groups excluding tert-OH is 1. The first-order valence-corrected chi connectivity index (χ1v) is 11.1. The van der Waals surface area contributed by atoms with Gasteiger partial charge in [-0.05, 0) is 30.2 Å². The smallest absolute Gasteiger partial charge is 0.388 e. The van der Waals surface area contributed by atoms with Gasteiger partial charge in [-0.2, -0.15) is 17.0 Å². The van der Waals surface area contributed by atoms with Crippen LogP contribution in [0.2, 0.25) is 0 Å². The third-order valence-corrected chi connectivity index (χ3v) is 6.09. The van der Waals surface area contributed by atoms with Gasteiger partial charge in [0.2, 0.25) is 0 Å². The minimum Gasteiger partial charge on any atom is -0.388 e. The Labute approximate surface area is 175 Å². The van der Waals surface area contributed by atoms with Crippen molar-refractivity contribution in [2.45, 2.75) is 31.1 Å². The molecule has 3 rings (SSSR count). The molecule has 0 bridgehead atoms. The SMILES string of the molecule is C[N+]1(C=CC(O)Cc2ccccc2)CCN(CCCCSCc2nn[nH]n2)C1=O. The van der Waals surface area contributed by atoms with Crippen molar-refractivity contribution in [1.29, 1.82) is 0 Å². The van der Waals surface area contributed by atoms with E-state index in [4.69, 9.17) is 0 Å². The number of nitrogens with zero attached hydrogens (tertiary/aromatic N) is 5. The van der Waals surface area contributed by atoms with Gasteiger partial charge in [0.25, 0.3) is 0 Å². The number of likely N-dealkylation sites (N-methyl/N-ethyl adjacent to an activating group) is 1. The molecule has 0 aliphatic carbocycles. The monoisotopic (exact) mass is 417 g/mol. The van der Waals surface area contributed by atoms with E-state index in [0.29, 0.717) is 6.42 Å². The number of quaternary nitrogens is 1. The molecule has 0 saturated carbocycles. The maximum atomic E-state index is 12.8. The fraction of sp³-hybridized carbons (Fsp3) is 0.500. The number of aromatic nitrogens is 4. The van der Waals surface area contributed by atoms with E-state index >= 15 is 0 Å². The predicted molar refractivity (Wildman–Crippen MR) is 113 cm³/mol. The van der Waals surface area contributed by atoms with E-state index in [2.05, 4.69) is 20.6 Å². The Morgan fingerprint density at radius 3 is 2.93 bits per heavy atom. The molecule has 1 fully saturated rings. The zero-order chi connectivity index (χ0) is 20.5. The maximum Gasteiger partial charge on any atom is 0.423 e. The third kappa shape index (κ3) is 6.38. The fourth-order valence-corrected chi connectivity index (χ4v) is 4.17. The lowest BCUT2D eigenvalue weighted by atomic mass is 10.1. The van der Waals surface area contributed by atoms with Gasteiger partial charge in [-0.15, -0.1) is 10.2 Å². The molecule has 0 spiro atoms. The van der Waals surface area contributed by atoms with Crippen molar-refractivity contribution < 1.29 is 14.4 Å². The molecule has 2 N–H and O–H groups in total. The number of urea groups is 1. The van der Waals surface area contributed by atoms with Crippen molar-refractivity contribution >= 4 is 17.8 Å². The van der Waals surface area contributed by atoms with E-state index in [0.717, 1.165) is 55.4 Å². The van der Waals surface area contributed by atoms with Crippen LogP contribution in [-0.2, 0) is 12.2 Å². The van der Waals surface area contributed by atoms with Crippen molar-refractivity contribution in [3.05, 3.63) is 54.0 Å². The summed E-state index contributed by atoms with van der Waals surface area (Å²) >= 11 is 1.77. The number of H-pyrrole nitrogens is 1. The number of thioether (sulfide) groups is 1. The summed E-state index contributed by atoms with van der Waals surface area (Å²) in [7, 11) is 1.91. The van der Waals surface area contributed by atoms with Crippen LogP contribution in [0.3, 0.4) is 0 Å². The molecule has 1 saturated heterocycles. The topological polar surface area (TPSA) is 95.0 Å². The number of tetrazole rings is 1. The van der Waals surface area contributed by atoms with Gasteiger partial charge in [0.15, 0.2) is 5.82 Å². The Kier molecular flexibility index (Phi) is 7.79. The summed E-state index contributed by atoms with van der Waals surface area (Å²) in [6.45, 7) is 2.26. The third-order valence-electron chi connectivity index (χ3n) is 5.05. The highest BCUT2D eigenvalue weighted by molar-refractivity contribution is 7.98. The van der Waals surface area contributed by atoms with Gasteiger partial charge in [0.1, 0.15) is 12.7 Å². The summed E-state index contributed by atoms with van der Waals surface area (Å²) in [5.41, 5.74) is 1.08. The van der Waals surface area contributed by atoms with Crippen LogP contribution in [0, 0.1) is 0 Å². The Hall–Kier alpha value is -2.23. The van der Waals surface area contributed by atoms with Crippen LogP contribution < -0.4 is 0 Å². The minimum atomic E-state index is -0.592. The average Bonchev–Trinajstić information content (AvgIpc) is 3.34. The highest BCUT2D eigenvalue weighted by Gasteiger charge is 2.41. The Balaban J connectivity index is 1.37. The number of carbonyl (C=O) groups excluding carboxylic acids is 1. The number of benzene rings is 1. The fourth-order valence-electron chi connectivity index (χ4n) is 3.32. The lowest BCUT2D eigenvalue weighted by Crippen LogP contribution is -2.43. The van der Waals surface area contributed by atoms with E-state index in [1.165, 1.54) is 0 Å². The quantitative estimate of drug-likeness (QED) is 0.430. The second-order valence-electron chi connectivity index (χ2n) is 7.45. The van der Waals surface area contributed by atoms with Gasteiger partial charge in [-0.1, -0.05) is 35.5 Å². The van der Waals surface area contributed by atoms with Crippen molar-refractivity contribution in [2.75, 3.05) is 32.4 Å². The normalized spacial score (nSPS) is 20.6. The Bertz CT molecular complexity index is 786. The first kappa shape index (κ1) is 21.5. The van der Waals surface area contributed by atoms with Gasteiger partial charge >= 0.3 is 6.03 Å². The van der Waals surface area contributed by atoms with Crippen LogP contribution in [-0.4, -0.2) is 79.7 Å². The molecule has 2 heterocycles. The van der Waals surface area contributed by atoms with Crippen molar-refractivity contribution in [1.82, 2.24) is 25.5 Å². The number of aliphatic hydroxyl groups is 1. The molecule has 1 aliphatic heterocycles. The van der Waals surface area contributed by atoms with E-state index in [-0.39, 0.29) is 10.5 Å². The Morgan fingerprint density at radius 2 is 2.17 bits per heavy atom.